The van der Waals surface area contributed by atoms with Crippen LogP contribution in [0, 0.1) is 6.92 Å². The number of aryl methyl sites for hydroxylation is 1. The Bertz CT molecular complexity index is 276. The van der Waals surface area contributed by atoms with Gasteiger partial charge in [-0.3, -0.25) is 0 Å². The van der Waals surface area contributed by atoms with Crippen molar-refractivity contribution < 1.29 is 13.5 Å². The molecule has 0 heterocycles. The number of alkyl halides is 2. The minimum absolute atomic E-state index is 0.171. The molecule has 1 aromatic carbocycles. The molecule has 1 rings (SSSR count). The van der Waals surface area contributed by atoms with Gasteiger partial charge in [-0.15, -0.1) is 0 Å². The van der Waals surface area contributed by atoms with Gasteiger partial charge < -0.3 is 4.74 Å². The van der Waals surface area contributed by atoms with Gasteiger partial charge in [0.1, 0.15) is 5.75 Å². The molecule has 0 radical (unpaired) electrons. The highest BCUT2D eigenvalue weighted by molar-refractivity contribution is 9.10. The fourth-order valence-electron chi connectivity index (χ4n) is 0.807. The molecule has 0 N–H and O–H groups in total. The molecule has 1 aromatic rings. The van der Waals surface area contributed by atoms with E-state index < -0.39 is 6.61 Å². The summed E-state index contributed by atoms with van der Waals surface area (Å²) < 4.78 is 28.4. The van der Waals surface area contributed by atoms with Gasteiger partial charge >= 0.3 is 6.61 Å². The number of halogens is 3. The van der Waals surface area contributed by atoms with E-state index in [1.165, 1.54) is 6.07 Å². The molecule has 0 bridgehead atoms. The van der Waals surface area contributed by atoms with E-state index in [-0.39, 0.29) is 5.75 Å². The Hall–Kier alpha value is -0.640. The Balaban J connectivity index is 2.92. The molecule has 1 nitrogen and oxygen atoms in total. The van der Waals surface area contributed by atoms with Crippen molar-refractivity contribution in [2.24, 2.45) is 0 Å². The largest absolute Gasteiger partial charge is 0.434 e. The summed E-state index contributed by atoms with van der Waals surface area (Å²) in [7, 11) is 0. The second-order valence-electron chi connectivity index (χ2n) is 2.27. The fraction of sp³-hybridized carbons (Fsp3) is 0.250. The van der Waals surface area contributed by atoms with Crippen LogP contribution in [0.3, 0.4) is 0 Å². The zero-order chi connectivity index (χ0) is 9.14. The lowest BCUT2D eigenvalue weighted by Gasteiger charge is -2.07. The van der Waals surface area contributed by atoms with Crippen LogP contribution in [0.15, 0.2) is 22.7 Å². The Morgan fingerprint density at radius 3 is 2.67 bits per heavy atom. The molecule has 0 aliphatic carbocycles. The SMILES string of the molecule is Cc1cccc(OC(F)F)c1Br. The summed E-state index contributed by atoms with van der Waals surface area (Å²) in [6, 6.07) is 4.96. The molecule has 66 valence electrons. The molecule has 12 heavy (non-hydrogen) atoms. The van der Waals surface area contributed by atoms with Gasteiger partial charge in [-0.25, -0.2) is 0 Å². The molecule has 0 saturated heterocycles. The van der Waals surface area contributed by atoms with Gasteiger partial charge in [-0.1, -0.05) is 12.1 Å². The molecular formula is C8H7BrF2O. The van der Waals surface area contributed by atoms with Crippen molar-refractivity contribution in [3.8, 4) is 5.75 Å². The summed E-state index contributed by atoms with van der Waals surface area (Å²) in [5.74, 6) is 0.171. The zero-order valence-electron chi connectivity index (χ0n) is 6.35. The predicted octanol–water partition coefficient (Wildman–Crippen LogP) is 3.36. The lowest BCUT2D eigenvalue weighted by Crippen LogP contribution is -2.02. The van der Waals surface area contributed by atoms with Gasteiger partial charge in [-0.2, -0.15) is 8.78 Å². The highest BCUT2D eigenvalue weighted by Crippen LogP contribution is 2.28. The third-order valence-corrected chi connectivity index (χ3v) is 2.39. The van der Waals surface area contributed by atoms with Crippen molar-refractivity contribution in [3.05, 3.63) is 28.2 Å². The lowest BCUT2D eigenvalue weighted by atomic mass is 10.2. The van der Waals surface area contributed by atoms with Gasteiger partial charge in [0.15, 0.2) is 0 Å². The minimum Gasteiger partial charge on any atom is -0.434 e. The number of rotatable bonds is 2. The summed E-state index contributed by atoms with van der Waals surface area (Å²) in [4.78, 5) is 0. The van der Waals surface area contributed by atoms with Gasteiger partial charge in [0.25, 0.3) is 0 Å². The molecule has 0 aliphatic heterocycles. The van der Waals surface area contributed by atoms with Gasteiger partial charge in [0.05, 0.1) is 4.47 Å². The maximum atomic E-state index is 11.8. The molecule has 0 fully saturated rings. The van der Waals surface area contributed by atoms with E-state index in [4.69, 9.17) is 0 Å². The van der Waals surface area contributed by atoms with Crippen LogP contribution in [-0.4, -0.2) is 6.61 Å². The van der Waals surface area contributed by atoms with Crippen molar-refractivity contribution >= 4 is 15.9 Å². The monoisotopic (exact) mass is 236 g/mol. The molecule has 0 spiro atoms. The second-order valence-corrected chi connectivity index (χ2v) is 3.06. The standard InChI is InChI=1S/C8H7BrF2O/c1-5-3-2-4-6(7(5)9)12-8(10)11/h2-4,8H,1H3. The van der Waals surface area contributed by atoms with Crippen molar-refractivity contribution in [2.75, 3.05) is 0 Å². The predicted molar refractivity (Wildman–Crippen MR) is 45.5 cm³/mol. The van der Waals surface area contributed by atoms with Crippen LogP contribution in [0.1, 0.15) is 5.56 Å². The minimum atomic E-state index is -2.77. The van der Waals surface area contributed by atoms with Crippen LogP contribution in [0.4, 0.5) is 8.78 Å². The highest BCUT2D eigenvalue weighted by atomic mass is 79.9. The van der Waals surface area contributed by atoms with E-state index in [0.29, 0.717) is 4.47 Å². The van der Waals surface area contributed by atoms with Crippen LogP contribution < -0.4 is 4.74 Å². The maximum absolute atomic E-state index is 11.8. The summed E-state index contributed by atoms with van der Waals surface area (Å²) >= 11 is 3.15. The Morgan fingerprint density at radius 1 is 1.42 bits per heavy atom. The van der Waals surface area contributed by atoms with E-state index in [1.807, 2.05) is 13.0 Å². The number of benzene rings is 1. The average Bonchev–Trinajstić information content (AvgIpc) is 1.98. The fourth-order valence-corrected chi connectivity index (χ4v) is 1.17. The maximum Gasteiger partial charge on any atom is 0.387 e. The first kappa shape index (κ1) is 9.45. The van der Waals surface area contributed by atoms with Gasteiger partial charge in [-0.05, 0) is 34.5 Å². The topological polar surface area (TPSA) is 9.23 Å². The quantitative estimate of drug-likeness (QED) is 0.766. The number of hydrogen-bond donors (Lipinski definition) is 0. The molecule has 0 aliphatic rings. The van der Waals surface area contributed by atoms with Crippen molar-refractivity contribution in [2.45, 2.75) is 13.5 Å². The van der Waals surface area contributed by atoms with Gasteiger partial charge in [0.2, 0.25) is 0 Å². The van der Waals surface area contributed by atoms with Crippen molar-refractivity contribution in [1.82, 2.24) is 0 Å². The third-order valence-electron chi connectivity index (χ3n) is 1.37. The molecule has 0 amide bonds. The number of hydrogen-bond acceptors (Lipinski definition) is 1. The van der Waals surface area contributed by atoms with E-state index in [1.54, 1.807) is 6.07 Å². The molecule has 0 saturated carbocycles. The van der Waals surface area contributed by atoms with Crippen LogP contribution in [0.5, 0.6) is 5.75 Å². The van der Waals surface area contributed by atoms with E-state index in [2.05, 4.69) is 20.7 Å². The average molecular weight is 237 g/mol. The smallest absolute Gasteiger partial charge is 0.387 e. The lowest BCUT2D eigenvalue weighted by molar-refractivity contribution is -0.0503. The second kappa shape index (κ2) is 3.85. The third kappa shape index (κ3) is 2.17. The molecule has 4 heteroatoms. The van der Waals surface area contributed by atoms with E-state index in [9.17, 15) is 8.78 Å². The van der Waals surface area contributed by atoms with Crippen molar-refractivity contribution in [3.63, 3.8) is 0 Å². The first-order valence-corrected chi connectivity index (χ1v) is 4.10. The zero-order valence-corrected chi connectivity index (χ0v) is 7.94. The van der Waals surface area contributed by atoms with E-state index >= 15 is 0 Å². The van der Waals surface area contributed by atoms with Gasteiger partial charge in [0, 0.05) is 0 Å². The summed E-state index contributed by atoms with van der Waals surface area (Å²) in [5, 5.41) is 0. The van der Waals surface area contributed by atoms with Crippen LogP contribution in [0.25, 0.3) is 0 Å². The van der Waals surface area contributed by atoms with Crippen LogP contribution in [0.2, 0.25) is 0 Å². The summed E-state index contributed by atoms with van der Waals surface area (Å²) in [6.07, 6.45) is 0. The molecule has 0 atom stereocenters. The Labute approximate surface area is 77.5 Å². The Morgan fingerprint density at radius 2 is 2.08 bits per heavy atom. The van der Waals surface area contributed by atoms with E-state index in [0.717, 1.165) is 5.56 Å². The molecule has 0 unspecified atom stereocenters. The summed E-state index contributed by atoms with van der Waals surface area (Å²) in [5.41, 5.74) is 0.869. The first-order valence-electron chi connectivity index (χ1n) is 3.31. The van der Waals surface area contributed by atoms with Crippen LogP contribution in [-0.2, 0) is 0 Å². The Kier molecular flexibility index (Phi) is 3.03. The highest BCUT2D eigenvalue weighted by Gasteiger charge is 2.08. The van der Waals surface area contributed by atoms with Crippen LogP contribution >= 0.6 is 15.9 Å². The molecule has 0 aromatic heterocycles. The first-order chi connectivity index (χ1) is 5.61. The normalized spacial score (nSPS) is 10.4. The summed E-state index contributed by atoms with van der Waals surface area (Å²) in [6.45, 7) is -0.967. The van der Waals surface area contributed by atoms with Crippen molar-refractivity contribution in [1.29, 1.82) is 0 Å². The number of ether oxygens (including phenoxy) is 1. The molecular weight excluding hydrogens is 230 g/mol.